The third-order valence-electron chi connectivity index (χ3n) is 6.11. The molecular weight excluding hydrogens is 396 g/mol. The smallest absolute Gasteiger partial charge is 0.230 e. The van der Waals surface area contributed by atoms with E-state index in [9.17, 15) is 10.4 Å². The second-order valence-electron chi connectivity index (χ2n) is 8.07. The number of nitriles is 1. The topological polar surface area (TPSA) is 122 Å². The van der Waals surface area contributed by atoms with Gasteiger partial charge in [0.15, 0.2) is 17.8 Å². The number of rotatable bonds is 4. The zero-order valence-electron chi connectivity index (χ0n) is 17.2. The van der Waals surface area contributed by atoms with Crippen LogP contribution in [0.15, 0.2) is 24.5 Å². The third-order valence-corrected chi connectivity index (χ3v) is 6.11. The summed E-state index contributed by atoms with van der Waals surface area (Å²) in [5.41, 5.74) is 1.09. The molecular formula is C21H26N8O2. The largest absolute Gasteiger partial charge is 0.465 e. The Labute approximate surface area is 180 Å². The molecule has 31 heavy (non-hydrogen) atoms. The Balaban J connectivity index is 1.37. The molecule has 1 saturated heterocycles. The second kappa shape index (κ2) is 8.53. The van der Waals surface area contributed by atoms with Crippen molar-refractivity contribution in [2.45, 2.75) is 44.1 Å². The predicted molar refractivity (Wildman–Crippen MR) is 115 cm³/mol. The number of anilines is 4. The first kappa shape index (κ1) is 19.8. The van der Waals surface area contributed by atoms with Crippen molar-refractivity contribution in [1.29, 1.82) is 5.26 Å². The average Bonchev–Trinajstić information content (AvgIpc) is 3.34. The molecule has 10 heteroatoms. The normalized spacial score (nSPS) is 23.7. The van der Waals surface area contributed by atoms with Crippen molar-refractivity contribution in [3.05, 3.63) is 24.5 Å². The minimum absolute atomic E-state index is 0.132. The van der Waals surface area contributed by atoms with E-state index in [0.717, 1.165) is 57.5 Å². The summed E-state index contributed by atoms with van der Waals surface area (Å²) in [7, 11) is 0. The van der Waals surface area contributed by atoms with E-state index in [1.165, 1.54) is 0 Å². The summed E-state index contributed by atoms with van der Waals surface area (Å²) >= 11 is 0. The van der Waals surface area contributed by atoms with Crippen molar-refractivity contribution in [2.24, 2.45) is 0 Å². The first-order valence-electron chi connectivity index (χ1n) is 10.8. The number of aliphatic hydroxyl groups excluding tert-OH is 1. The molecule has 0 amide bonds. The van der Waals surface area contributed by atoms with Gasteiger partial charge in [-0.25, -0.2) is 9.97 Å². The van der Waals surface area contributed by atoms with E-state index in [1.54, 1.807) is 6.20 Å². The molecule has 1 saturated carbocycles. The number of pyridine rings is 1. The Kier molecular flexibility index (Phi) is 5.44. The molecule has 2 atom stereocenters. The van der Waals surface area contributed by atoms with Crippen LogP contribution in [0.25, 0.3) is 0 Å². The Hall–Kier alpha value is -3.16. The highest BCUT2D eigenvalue weighted by atomic mass is 16.5. The zero-order chi connectivity index (χ0) is 21.2. The number of hydrogen-bond acceptors (Lipinski definition) is 10. The molecule has 0 spiro atoms. The minimum atomic E-state index is -1.06. The van der Waals surface area contributed by atoms with Crippen molar-refractivity contribution in [2.75, 3.05) is 41.3 Å². The first-order valence-corrected chi connectivity index (χ1v) is 10.8. The van der Waals surface area contributed by atoms with Crippen LogP contribution in [-0.2, 0) is 0 Å². The monoisotopic (exact) mass is 422 g/mol. The molecule has 2 fully saturated rings. The molecule has 5 rings (SSSR count). The van der Waals surface area contributed by atoms with Gasteiger partial charge in [0.2, 0.25) is 12.1 Å². The lowest BCUT2D eigenvalue weighted by Gasteiger charge is -2.40. The molecule has 0 radical (unpaired) electrons. The maximum absolute atomic E-state index is 10.7. The highest BCUT2D eigenvalue weighted by molar-refractivity contribution is 5.61. The summed E-state index contributed by atoms with van der Waals surface area (Å²) in [6.07, 6.45) is 5.49. The van der Waals surface area contributed by atoms with Crippen LogP contribution in [0.1, 0.15) is 25.7 Å². The Morgan fingerprint density at radius 3 is 2.68 bits per heavy atom. The van der Waals surface area contributed by atoms with Crippen LogP contribution in [0.3, 0.4) is 0 Å². The minimum Gasteiger partial charge on any atom is -0.465 e. The number of aromatic nitrogens is 3. The Morgan fingerprint density at radius 1 is 1.16 bits per heavy atom. The molecule has 2 aliphatic heterocycles. The van der Waals surface area contributed by atoms with Gasteiger partial charge in [-0.05, 0) is 25.0 Å². The summed E-state index contributed by atoms with van der Waals surface area (Å²) in [5, 5.41) is 26.6. The zero-order valence-corrected chi connectivity index (χ0v) is 17.2. The molecule has 2 aromatic rings. The third kappa shape index (κ3) is 3.94. The van der Waals surface area contributed by atoms with Gasteiger partial charge in [0.25, 0.3) is 0 Å². The number of ether oxygens (including phenoxy) is 1. The molecule has 10 nitrogen and oxygen atoms in total. The van der Waals surface area contributed by atoms with Gasteiger partial charge < -0.3 is 30.3 Å². The van der Waals surface area contributed by atoms with E-state index < -0.39 is 12.3 Å². The van der Waals surface area contributed by atoms with Gasteiger partial charge in [0.05, 0.1) is 18.1 Å². The van der Waals surface area contributed by atoms with Gasteiger partial charge in [-0.3, -0.25) is 0 Å². The number of hydrogen-bond donors (Lipinski definition) is 3. The molecule has 1 aliphatic carbocycles. The number of fused-ring (bicyclic) bond motifs is 1. The van der Waals surface area contributed by atoms with Gasteiger partial charge in [-0.15, -0.1) is 0 Å². The molecule has 3 aliphatic rings. The molecule has 162 valence electrons. The highest BCUT2D eigenvalue weighted by Gasteiger charge is 2.40. The van der Waals surface area contributed by atoms with E-state index in [2.05, 4.69) is 30.5 Å². The van der Waals surface area contributed by atoms with Gasteiger partial charge in [0.1, 0.15) is 11.9 Å². The molecule has 2 unspecified atom stereocenters. The number of aliphatic hydroxyl groups is 1. The number of nitrogens with one attached hydrogen (secondary N) is 2. The van der Waals surface area contributed by atoms with Crippen LogP contribution in [0, 0.1) is 11.3 Å². The molecule has 4 heterocycles. The average molecular weight is 422 g/mol. The van der Waals surface area contributed by atoms with Crippen molar-refractivity contribution in [3.8, 4) is 11.8 Å². The number of nitrogens with zero attached hydrogens (tertiary/aromatic N) is 6. The second-order valence-corrected chi connectivity index (χ2v) is 8.07. The number of piperazine rings is 1. The van der Waals surface area contributed by atoms with Crippen LogP contribution >= 0.6 is 0 Å². The van der Waals surface area contributed by atoms with E-state index >= 15 is 0 Å². The van der Waals surface area contributed by atoms with Gasteiger partial charge in [0, 0.05) is 32.2 Å². The summed E-state index contributed by atoms with van der Waals surface area (Å²) in [5.74, 6) is 1.94. The maximum atomic E-state index is 10.7. The molecule has 0 aromatic carbocycles. The Morgan fingerprint density at radius 2 is 1.97 bits per heavy atom. The standard InChI is InChI=1S/C21H26N8O2/c22-11-16-20(30)29(14-3-1-2-4-14)19-17(31-16)13-25-21(27-19)26-18-6-5-15(12-24-18)28-9-7-23-8-10-28/h5-6,12-14,16,20,23,30H,1-4,7-10H2,(H,24,25,26,27). The van der Waals surface area contributed by atoms with Gasteiger partial charge in [-0.2, -0.15) is 10.2 Å². The lowest BCUT2D eigenvalue weighted by molar-refractivity contribution is 0.0446. The summed E-state index contributed by atoms with van der Waals surface area (Å²) < 4.78 is 5.64. The van der Waals surface area contributed by atoms with Crippen LogP contribution < -0.4 is 25.2 Å². The summed E-state index contributed by atoms with van der Waals surface area (Å²) in [6, 6.07) is 6.11. The predicted octanol–water partition coefficient (Wildman–Crippen LogP) is 1.38. The van der Waals surface area contributed by atoms with Crippen molar-refractivity contribution in [1.82, 2.24) is 20.3 Å². The fourth-order valence-electron chi connectivity index (χ4n) is 4.51. The van der Waals surface area contributed by atoms with E-state index in [-0.39, 0.29) is 6.04 Å². The Bertz CT molecular complexity index is 951. The molecule has 2 aromatic heterocycles. The quantitative estimate of drug-likeness (QED) is 0.666. The van der Waals surface area contributed by atoms with Crippen LogP contribution in [0.5, 0.6) is 5.75 Å². The summed E-state index contributed by atoms with van der Waals surface area (Å²) in [6.45, 7) is 3.87. The van der Waals surface area contributed by atoms with E-state index in [1.807, 2.05) is 29.3 Å². The van der Waals surface area contributed by atoms with Gasteiger partial charge in [-0.1, -0.05) is 12.8 Å². The maximum Gasteiger partial charge on any atom is 0.230 e. The van der Waals surface area contributed by atoms with Crippen LogP contribution in [-0.4, -0.2) is 64.6 Å². The first-order chi connectivity index (χ1) is 15.2. The fourth-order valence-corrected chi connectivity index (χ4v) is 4.51. The van der Waals surface area contributed by atoms with Crippen molar-refractivity contribution >= 4 is 23.3 Å². The molecule has 0 bridgehead atoms. The van der Waals surface area contributed by atoms with Crippen molar-refractivity contribution in [3.63, 3.8) is 0 Å². The fraction of sp³-hybridized carbons (Fsp3) is 0.524. The SMILES string of the molecule is N#CC1Oc2cnc(Nc3ccc(N4CCNCC4)cn3)nc2N(C2CCCC2)C1O. The van der Waals surface area contributed by atoms with Crippen LogP contribution in [0.4, 0.5) is 23.3 Å². The lowest BCUT2D eigenvalue weighted by Crippen LogP contribution is -2.53. The van der Waals surface area contributed by atoms with E-state index in [4.69, 9.17) is 4.74 Å². The summed E-state index contributed by atoms with van der Waals surface area (Å²) in [4.78, 5) is 17.6. The molecule has 3 N–H and O–H groups in total. The lowest BCUT2D eigenvalue weighted by atomic mass is 10.1. The van der Waals surface area contributed by atoms with Gasteiger partial charge >= 0.3 is 0 Å². The highest BCUT2D eigenvalue weighted by Crippen LogP contribution is 2.39. The van der Waals surface area contributed by atoms with E-state index in [0.29, 0.717) is 23.3 Å². The van der Waals surface area contributed by atoms with Crippen molar-refractivity contribution < 1.29 is 9.84 Å². The van der Waals surface area contributed by atoms with Crippen LogP contribution in [0.2, 0.25) is 0 Å².